The SMILES string of the molecule is C#Cc1ccc(NC(=O)Nc2cc(C(=O)OCCCC)cc(C(=O)OCCCC)c2)cc1. The molecule has 2 aromatic carbocycles. The number of esters is 2. The number of nitrogens with one attached hydrogen (secondary N) is 2. The molecule has 2 amide bonds. The Hall–Kier alpha value is -3.79. The Bertz CT molecular complexity index is 937. The Morgan fingerprint density at radius 2 is 1.31 bits per heavy atom. The summed E-state index contributed by atoms with van der Waals surface area (Å²) in [5.41, 5.74) is 1.79. The van der Waals surface area contributed by atoms with Crippen LogP contribution in [0.4, 0.5) is 16.2 Å². The highest BCUT2D eigenvalue weighted by molar-refractivity contribution is 6.02. The van der Waals surface area contributed by atoms with Crippen LogP contribution in [-0.4, -0.2) is 31.2 Å². The van der Waals surface area contributed by atoms with Gasteiger partial charge >= 0.3 is 18.0 Å². The average Bonchev–Trinajstić information content (AvgIpc) is 2.79. The molecular formula is C25H28N2O5. The fourth-order valence-electron chi connectivity index (χ4n) is 2.66. The number of rotatable bonds is 10. The number of carbonyl (C=O) groups excluding carboxylic acids is 3. The van der Waals surface area contributed by atoms with E-state index in [0.29, 0.717) is 11.3 Å². The maximum Gasteiger partial charge on any atom is 0.338 e. The van der Waals surface area contributed by atoms with Crippen molar-refractivity contribution in [2.24, 2.45) is 0 Å². The number of urea groups is 1. The zero-order valence-electron chi connectivity index (χ0n) is 18.4. The van der Waals surface area contributed by atoms with Crippen LogP contribution in [0.15, 0.2) is 42.5 Å². The highest BCUT2D eigenvalue weighted by atomic mass is 16.5. The smallest absolute Gasteiger partial charge is 0.338 e. The van der Waals surface area contributed by atoms with Crippen molar-refractivity contribution < 1.29 is 23.9 Å². The van der Waals surface area contributed by atoms with Gasteiger partial charge in [0, 0.05) is 16.9 Å². The van der Waals surface area contributed by atoms with Gasteiger partial charge in [0.15, 0.2) is 0 Å². The molecule has 0 fully saturated rings. The highest BCUT2D eigenvalue weighted by Crippen LogP contribution is 2.18. The summed E-state index contributed by atoms with van der Waals surface area (Å²) >= 11 is 0. The van der Waals surface area contributed by atoms with Gasteiger partial charge in [0.05, 0.1) is 24.3 Å². The van der Waals surface area contributed by atoms with Gasteiger partial charge in [-0.15, -0.1) is 6.42 Å². The normalized spacial score (nSPS) is 10.0. The zero-order valence-corrected chi connectivity index (χ0v) is 18.4. The van der Waals surface area contributed by atoms with Gasteiger partial charge in [-0.25, -0.2) is 14.4 Å². The molecule has 0 radical (unpaired) electrons. The first-order valence-electron chi connectivity index (χ1n) is 10.6. The lowest BCUT2D eigenvalue weighted by molar-refractivity contribution is 0.0498. The van der Waals surface area contributed by atoms with E-state index >= 15 is 0 Å². The number of hydrogen-bond donors (Lipinski definition) is 2. The molecule has 0 aliphatic carbocycles. The van der Waals surface area contributed by atoms with Gasteiger partial charge in [0.25, 0.3) is 0 Å². The minimum absolute atomic E-state index is 0.153. The van der Waals surface area contributed by atoms with Crippen LogP contribution in [0.5, 0.6) is 0 Å². The van der Waals surface area contributed by atoms with Crippen LogP contribution >= 0.6 is 0 Å². The van der Waals surface area contributed by atoms with Gasteiger partial charge in [0.1, 0.15) is 0 Å². The van der Waals surface area contributed by atoms with Crippen LogP contribution in [0.3, 0.4) is 0 Å². The molecule has 0 atom stereocenters. The summed E-state index contributed by atoms with van der Waals surface area (Å²) in [7, 11) is 0. The first-order chi connectivity index (χ1) is 15.5. The van der Waals surface area contributed by atoms with E-state index in [2.05, 4.69) is 16.6 Å². The molecule has 0 heterocycles. The number of ether oxygens (including phenoxy) is 2. The van der Waals surface area contributed by atoms with Crippen LogP contribution in [-0.2, 0) is 9.47 Å². The lowest BCUT2D eigenvalue weighted by atomic mass is 10.1. The predicted molar refractivity (Wildman–Crippen MR) is 124 cm³/mol. The summed E-state index contributed by atoms with van der Waals surface area (Å²) in [6.45, 7) is 4.53. The van der Waals surface area contributed by atoms with Crippen molar-refractivity contribution in [3.8, 4) is 12.3 Å². The van der Waals surface area contributed by atoms with E-state index in [1.807, 2.05) is 13.8 Å². The molecule has 0 aliphatic heterocycles. The topological polar surface area (TPSA) is 93.7 Å². The molecule has 168 valence electrons. The number of unbranched alkanes of at least 4 members (excludes halogenated alkanes) is 2. The minimum atomic E-state index is -0.574. The molecule has 0 bridgehead atoms. The van der Waals surface area contributed by atoms with Crippen LogP contribution < -0.4 is 10.6 Å². The summed E-state index contributed by atoms with van der Waals surface area (Å²) in [5, 5.41) is 5.31. The van der Waals surface area contributed by atoms with Crippen LogP contribution in [0.1, 0.15) is 65.8 Å². The summed E-state index contributed by atoms with van der Waals surface area (Å²) in [6.07, 6.45) is 8.56. The van der Waals surface area contributed by atoms with Gasteiger partial charge in [-0.3, -0.25) is 0 Å². The molecule has 0 unspecified atom stereocenters. The van der Waals surface area contributed by atoms with Gasteiger partial charge < -0.3 is 20.1 Å². The number of anilines is 2. The van der Waals surface area contributed by atoms with Crippen LogP contribution in [0, 0.1) is 12.3 Å². The molecular weight excluding hydrogens is 408 g/mol. The Kier molecular flexibility index (Phi) is 9.79. The van der Waals surface area contributed by atoms with Gasteiger partial charge in [0.2, 0.25) is 0 Å². The zero-order chi connectivity index (χ0) is 23.3. The number of hydrogen-bond acceptors (Lipinski definition) is 5. The number of amides is 2. The lowest BCUT2D eigenvalue weighted by Crippen LogP contribution is -2.20. The van der Waals surface area contributed by atoms with Crippen molar-refractivity contribution in [1.29, 1.82) is 0 Å². The van der Waals surface area contributed by atoms with Crippen LogP contribution in [0.25, 0.3) is 0 Å². The largest absolute Gasteiger partial charge is 0.462 e. The van der Waals surface area contributed by atoms with Crippen molar-refractivity contribution in [2.45, 2.75) is 39.5 Å². The van der Waals surface area contributed by atoms with Gasteiger partial charge in [-0.1, -0.05) is 32.6 Å². The van der Waals surface area contributed by atoms with E-state index in [4.69, 9.17) is 15.9 Å². The van der Waals surface area contributed by atoms with E-state index < -0.39 is 18.0 Å². The second-order valence-corrected chi connectivity index (χ2v) is 7.08. The summed E-state index contributed by atoms with van der Waals surface area (Å²) in [4.78, 5) is 37.3. The molecule has 0 aliphatic rings. The monoisotopic (exact) mass is 436 g/mol. The summed E-state index contributed by atoms with van der Waals surface area (Å²) in [6, 6.07) is 10.5. The van der Waals surface area contributed by atoms with Crippen molar-refractivity contribution in [3.05, 3.63) is 59.2 Å². The minimum Gasteiger partial charge on any atom is -0.462 e. The molecule has 7 heteroatoms. The highest BCUT2D eigenvalue weighted by Gasteiger charge is 2.16. The molecule has 32 heavy (non-hydrogen) atoms. The average molecular weight is 437 g/mol. The summed E-state index contributed by atoms with van der Waals surface area (Å²) < 4.78 is 10.5. The van der Waals surface area contributed by atoms with Gasteiger partial charge in [-0.2, -0.15) is 0 Å². The van der Waals surface area contributed by atoms with Crippen molar-refractivity contribution in [2.75, 3.05) is 23.8 Å². The van der Waals surface area contributed by atoms with E-state index in [-0.39, 0.29) is 30.0 Å². The first-order valence-corrected chi connectivity index (χ1v) is 10.6. The van der Waals surface area contributed by atoms with Crippen molar-refractivity contribution in [3.63, 3.8) is 0 Å². The maximum absolute atomic E-state index is 12.4. The molecule has 0 saturated carbocycles. The Morgan fingerprint density at radius 1 is 0.812 bits per heavy atom. The molecule has 7 nitrogen and oxygen atoms in total. The fraction of sp³-hybridized carbons (Fsp3) is 0.320. The molecule has 2 N–H and O–H groups in total. The van der Waals surface area contributed by atoms with E-state index in [9.17, 15) is 14.4 Å². The molecule has 0 saturated heterocycles. The third-order valence-corrected chi connectivity index (χ3v) is 4.43. The predicted octanol–water partition coefficient (Wildman–Crippen LogP) is 5.23. The number of carbonyl (C=O) groups is 3. The Morgan fingerprint density at radius 3 is 1.78 bits per heavy atom. The Balaban J connectivity index is 2.18. The molecule has 2 rings (SSSR count). The quantitative estimate of drug-likeness (QED) is 0.302. The van der Waals surface area contributed by atoms with Crippen molar-refractivity contribution >= 4 is 29.3 Å². The third-order valence-electron chi connectivity index (χ3n) is 4.43. The van der Waals surface area contributed by atoms with E-state index in [0.717, 1.165) is 25.7 Å². The van der Waals surface area contributed by atoms with Gasteiger partial charge in [-0.05, 0) is 55.3 Å². The molecule has 0 spiro atoms. The van der Waals surface area contributed by atoms with E-state index in [1.165, 1.54) is 18.2 Å². The maximum atomic E-state index is 12.4. The lowest BCUT2D eigenvalue weighted by Gasteiger charge is -2.12. The standard InChI is InChI=1S/C25H28N2O5/c1-4-7-13-31-23(28)19-15-20(24(29)32-14-8-5-2)17-22(16-19)27-25(30)26-21-11-9-18(6-3)10-12-21/h3,9-12,15-17H,4-5,7-8,13-14H2,1-2H3,(H2,26,27,30). The summed E-state index contributed by atoms with van der Waals surface area (Å²) in [5.74, 6) is 1.35. The second kappa shape index (κ2) is 12.8. The van der Waals surface area contributed by atoms with E-state index in [1.54, 1.807) is 24.3 Å². The fourth-order valence-corrected chi connectivity index (χ4v) is 2.66. The molecule has 2 aromatic rings. The second-order valence-electron chi connectivity index (χ2n) is 7.08. The third kappa shape index (κ3) is 7.80. The molecule has 0 aromatic heterocycles. The Labute approximate surface area is 188 Å². The first kappa shape index (κ1) is 24.5. The number of benzene rings is 2. The number of terminal acetylenes is 1. The van der Waals surface area contributed by atoms with Crippen molar-refractivity contribution in [1.82, 2.24) is 0 Å². The van der Waals surface area contributed by atoms with Crippen LogP contribution in [0.2, 0.25) is 0 Å².